The number of anilines is 2. The average molecular weight is 425 g/mol. The number of nitrogens with zero attached hydrogens (tertiary/aromatic N) is 7. The summed E-state index contributed by atoms with van der Waals surface area (Å²) in [5, 5.41) is 6.01. The molecule has 5 heterocycles. The predicted molar refractivity (Wildman–Crippen MR) is 120 cm³/mol. The molecule has 1 fully saturated rings. The van der Waals surface area contributed by atoms with Crippen LogP contribution < -0.4 is 15.4 Å². The van der Waals surface area contributed by atoms with E-state index >= 15 is 0 Å². The molecular formula is C20H24N8OS. The second-order valence-corrected chi connectivity index (χ2v) is 9.84. The summed E-state index contributed by atoms with van der Waals surface area (Å²) in [5.41, 5.74) is 0.212. The van der Waals surface area contributed by atoms with Crippen LogP contribution in [0.2, 0.25) is 0 Å². The number of thiophene rings is 1. The molecule has 0 aromatic carbocycles. The molecule has 30 heavy (non-hydrogen) atoms. The minimum absolute atomic E-state index is 0.154. The SMILES string of the molecule is Cc1cc2c(N3CCN(c4nc5c(cnn5C(C)(C)C)c(=O)[nH]4)CC3)ncnc2s1. The lowest BCUT2D eigenvalue weighted by molar-refractivity contribution is 0.366. The summed E-state index contributed by atoms with van der Waals surface area (Å²) >= 11 is 1.69. The smallest absolute Gasteiger partial charge is 0.263 e. The summed E-state index contributed by atoms with van der Waals surface area (Å²) < 4.78 is 1.81. The highest BCUT2D eigenvalue weighted by molar-refractivity contribution is 7.18. The van der Waals surface area contributed by atoms with Crippen molar-refractivity contribution in [1.29, 1.82) is 0 Å². The van der Waals surface area contributed by atoms with Crippen LogP contribution in [-0.2, 0) is 5.54 Å². The van der Waals surface area contributed by atoms with E-state index in [1.165, 1.54) is 4.88 Å². The Morgan fingerprint density at radius 2 is 1.80 bits per heavy atom. The van der Waals surface area contributed by atoms with Crippen molar-refractivity contribution in [2.24, 2.45) is 0 Å². The molecule has 0 atom stereocenters. The third kappa shape index (κ3) is 3.11. The Balaban J connectivity index is 1.43. The Bertz CT molecular complexity index is 1290. The first-order valence-corrected chi connectivity index (χ1v) is 10.8. The van der Waals surface area contributed by atoms with E-state index in [-0.39, 0.29) is 11.1 Å². The van der Waals surface area contributed by atoms with Crippen molar-refractivity contribution in [1.82, 2.24) is 29.7 Å². The molecule has 0 amide bonds. The number of H-pyrrole nitrogens is 1. The number of hydrogen-bond donors (Lipinski definition) is 1. The lowest BCUT2D eigenvalue weighted by atomic mass is 10.1. The number of rotatable bonds is 2. The van der Waals surface area contributed by atoms with Gasteiger partial charge in [-0.15, -0.1) is 11.3 Å². The fourth-order valence-corrected chi connectivity index (χ4v) is 4.73. The molecule has 1 aliphatic rings. The maximum Gasteiger partial charge on any atom is 0.263 e. The van der Waals surface area contributed by atoms with E-state index in [0.29, 0.717) is 17.0 Å². The second-order valence-electron chi connectivity index (χ2n) is 8.60. The molecule has 9 nitrogen and oxygen atoms in total. The van der Waals surface area contributed by atoms with Gasteiger partial charge in [-0.25, -0.2) is 14.6 Å². The third-order valence-corrected chi connectivity index (χ3v) is 6.33. The molecular weight excluding hydrogens is 400 g/mol. The van der Waals surface area contributed by atoms with Gasteiger partial charge < -0.3 is 9.80 Å². The van der Waals surface area contributed by atoms with E-state index in [0.717, 1.165) is 42.2 Å². The highest BCUT2D eigenvalue weighted by Gasteiger charge is 2.24. The van der Waals surface area contributed by atoms with Crippen LogP contribution >= 0.6 is 11.3 Å². The lowest BCUT2D eigenvalue weighted by Gasteiger charge is -2.35. The van der Waals surface area contributed by atoms with Crippen molar-refractivity contribution in [3.8, 4) is 0 Å². The van der Waals surface area contributed by atoms with Gasteiger partial charge in [-0.2, -0.15) is 10.1 Å². The molecule has 0 unspecified atom stereocenters. The molecule has 4 aromatic heterocycles. The van der Waals surface area contributed by atoms with Crippen LogP contribution in [0.15, 0.2) is 23.4 Å². The van der Waals surface area contributed by atoms with Crippen molar-refractivity contribution in [2.75, 3.05) is 36.0 Å². The monoisotopic (exact) mass is 424 g/mol. The molecule has 4 aromatic rings. The van der Waals surface area contributed by atoms with Crippen LogP contribution in [0.4, 0.5) is 11.8 Å². The molecule has 1 aliphatic heterocycles. The topological polar surface area (TPSA) is 95.8 Å². The summed E-state index contributed by atoms with van der Waals surface area (Å²) in [5.74, 6) is 1.57. The summed E-state index contributed by atoms with van der Waals surface area (Å²) in [6.07, 6.45) is 3.23. The number of aryl methyl sites for hydroxylation is 1. The van der Waals surface area contributed by atoms with Gasteiger partial charge in [-0.1, -0.05) is 0 Å². The Hall–Kier alpha value is -3.01. The molecule has 0 aliphatic carbocycles. The van der Waals surface area contributed by atoms with E-state index in [4.69, 9.17) is 4.98 Å². The fourth-order valence-electron chi connectivity index (χ4n) is 3.89. The first-order chi connectivity index (χ1) is 14.3. The van der Waals surface area contributed by atoms with Crippen molar-refractivity contribution in [3.63, 3.8) is 0 Å². The lowest BCUT2D eigenvalue weighted by Crippen LogP contribution is -2.47. The molecule has 0 radical (unpaired) electrons. The molecule has 10 heteroatoms. The number of nitrogens with one attached hydrogen (secondary N) is 1. The van der Waals surface area contributed by atoms with Crippen molar-refractivity contribution in [3.05, 3.63) is 33.8 Å². The molecule has 5 rings (SSSR count). The Kier molecular flexibility index (Phi) is 4.28. The van der Waals surface area contributed by atoms with Crippen LogP contribution in [0.25, 0.3) is 21.3 Å². The summed E-state index contributed by atoms with van der Waals surface area (Å²) in [6.45, 7) is 11.3. The van der Waals surface area contributed by atoms with Crippen LogP contribution in [-0.4, -0.2) is 55.9 Å². The third-order valence-electron chi connectivity index (χ3n) is 5.37. The Morgan fingerprint density at radius 3 is 2.53 bits per heavy atom. The zero-order valence-corrected chi connectivity index (χ0v) is 18.3. The summed E-state index contributed by atoms with van der Waals surface area (Å²) in [7, 11) is 0. The van der Waals surface area contributed by atoms with Gasteiger partial charge in [-0.05, 0) is 33.8 Å². The molecule has 0 spiro atoms. The zero-order chi connectivity index (χ0) is 21.0. The molecule has 0 saturated carbocycles. The van der Waals surface area contributed by atoms with Gasteiger partial charge in [-0.3, -0.25) is 9.78 Å². The standard InChI is InChI=1S/C20H24N8OS/c1-12-9-13-15(21-11-22-18(13)30-12)26-5-7-27(8-6-26)19-24-16-14(17(29)25-19)10-23-28(16)20(2,3)4/h9-11H,5-8H2,1-4H3,(H,24,25,29). The average Bonchev–Trinajstić information content (AvgIpc) is 3.30. The van der Waals surface area contributed by atoms with E-state index in [9.17, 15) is 4.79 Å². The predicted octanol–water partition coefficient (Wildman–Crippen LogP) is 2.51. The maximum absolute atomic E-state index is 12.6. The summed E-state index contributed by atoms with van der Waals surface area (Å²) in [6, 6.07) is 2.16. The summed E-state index contributed by atoms with van der Waals surface area (Å²) in [4.78, 5) is 35.9. The van der Waals surface area contributed by atoms with Gasteiger partial charge in [0, 0.05) is 31.1 Å². The van der Waals surface area contributed by atoms with Crippen molar-refractivity contribution >= 4 is 44.4 Å². The van der Waals surface area contributed by atoms with E-state index in [2.05, 4.69) is 63.6 Å². The van der Waals surface area contributed by atoms with Crippen molar-refractivity contribution in [2.45, 2.75) is 33.2 Å². The zero-order valence-electron chi connectivity index (χ0n) is 17.5. The molecule has 1 saturated heterocycles. The van der Waals surface area contributed by atoms with E-state index in [1.807, 2.05) is 4.68 Å². The van der Waals surface area contributed by atoms with E-state index in [1.54, 1.807) is 23.9 Å². The molecule has 1 N–H and O–H groups in total. The Labute approximate surface area is 177 Å². The van der Waals surface area contributed by atoms with Crippen LogP contribution in [0.3, 0.4) is 0 Å². The molecule has 156 valence electrons. The number of aromatic amines is 1. The molecule has 0 bridgehead atoms. The van der Waals surface area contributed by atoms with E-state index < -0.39 is 0 Å². The second kappa shape index (κ2) is 6.76. The number of fused-ring (bicyclic) bond motifs is 2. The van der Waals surface area contributed by atoms with Gasteiger partial charge >= 0.3 is 0 Å². The highest BCUT2D eigenvalue weighted by atomic mass is 32.1. The van der Waals surface area contributed by atoms with Crippen molar-refractivity contribution < 1.29 is 0 Å². The van der Waals surface area contributed by atoms with Gasteiger partial charge in [0.05, 0.1) is 17.1 Å². The number of aromatic nitrogens is 6. The Morgan fingerprint density at radius 1 is 1.07 bits per heavy atom. The maximum atomic E-state index is 12.6. The quantitative estimate of drug-likeness (QED) is 0.528. The highest BCUT2D eigenvalue weighted by Crippen LogP contribution is 2.30. The van der Waals surface area contributed by atoms with Crippen LogP contribution in [0.1, 0.15) is 25.6 Å². The largest absolute Gasteiger partial charge is 0.352 e. The van der Waals surface area contributed by atoms with Gasteiger partial charge in [0.2, 0.25) is 5.95 Å². The number of piperazine rings is 1. The minimum Gasteiger partial charge on any atom is -0.352 e. The van der Waals surface area contributed by atoms with Crippen LogP contribution in [0.5, 0.6) is 0 Å². The van der Waals surface area contributed by atoms with Gasteiger partial charge in [0.15, 0.2) is 5.65 Å². The van der Waals surface area contributed by atoms with Gasteiger partial charge in [0.1, 0.15) is 22.4 Å². The van der Waals surface area contributed by atoms with Gasteiger partial charge in [0.25, 0.3) is 5.56 Å². The number of hydrogen-bond acceptors (Lipinski definition) is 8. The normalized spacial score (nSPS) is 15.5. The first-order valence-electron chi connectivity index (χ1n) is 10.0. The minimum atomic E-state index is -0.254. The fraction of sp³-hybridized carbons (Fsp3) is 0.450. The van der Waals surface area contributed by atoms with Crippen LogP contribution in [0, 0.1) is 6.92 Å². The first kappa shape index (κ1) is 19.0.